The number of nitrogens with zero attached hydrogens (tertiary/aromatic N) is 1. The molecule has 1 aromatic carbocycles. The molecular weight excluding hydrogens is 244 g/mol. The van der Waals surface area contributed by atoms with Crippen LogP contribution in [0.2, 0.25) is 0 Å². The van der Waals surface area contributed by atoms with E-state index in [-0.39, 0.29) is 11.8 Å². The van der Waals surface area contributed by atoms with Crippen LogP contribution in [-0.4, -0.2) is 36.2 Å². The van der Waals surface area contributed by atoms with Crippen LogP contribution in [0, 0.1) is 5.92 Å². The summed E-state index contributed by atoms with van der Waals surface area (Å²) in [6.07, 6.45) is 2.04. The van der Waals surface area contributed by atoms with Gasteiger partial charge in [0.2, 0.25) is 5.91 Å². The minimum atomic E-state index is -0.143. The Balaban J connectivity index is 1.72. The van der Waals surface area contributed by atoms with E-state index in [1.165, 1.54) is 4.90 Å². The van der Waals surface area contributed by atoms with Crippen molar-refractivity contribution in [3.05, 3.63) is 30.3 Å². The first-order chi connectivity index (χ1) is 8.75. The highest BCUT2D eigenvalue weighted by molar-refractivity contribution is 7.99. The summed E-state index contributed by atoms with van der Waals surface area (Å²) >= 11 is 1.87. The lowest BCUT2D eigenvalue weighted by molar-refractivity contribution is -0.123. The second-order valence-electron chi connectivity index (χ2n) is 4.70. The second kappa shape index (κ2) is 6.81. The predicted molar refractivity (Wildman–Crippen MR) is 75.5 cm³/mol. The van der Waals surface area contributed by atoms with Crippen molar-refractivity contribution in [2.24, 2.45) is 11.7 Å². The van der Waals surface area contributed by atoms with Gasteiger partial charge in [0.05, 0.1) is 5.92 Å². The van der Waals surface area contributed by atoms with Crippen LogP contribution in [0.3, 0.4) is 0 Å². The molecule has 2 rings (SSSR count). The van der Waals surface area contributed by atoms with Gasteiger partial charge in [0.25, 0.3) is 0 Å². The molecule has 0 aliphatic carbocycles. The number of rotatable bonds is 5. The number of piperidine rings is 1. The van der Waals surface area contributed by atoms with Crippen molar-refractivity contribution in [3.8, 4) is 0 Å². The van der Waals surface area contributed by atoms with Crippen LogP contribution in [-0.2, 0) is 4.79 Å². The minimum Gasteiger partial charge on any atom is -0.369 e. The van der Waals surface area contributed by atoms with E-state index < -0.39 is 0 Å². The van der Waals surface area contributed by atoms with Crippen molar-refractivity contribution >= 4 is 17.7 Å². The minimum absolute atomic E-state index is 0.0560. The molecule has 2 N–H and O–H groups in total. The molecule has 1 saturated heterocycles. The number of nitrogens with two attached hydrogens (primary N) is 1. The largest absolute Gasteiger partial charge is 0.369 e. The van der Waals surface area contributed by atoms with Crippen LogP contribution in [0.4, 0.5) is 0 Å². The third kappa shape index (κ3) is 4.03. The molecule has 0 bridgehead atoms. The molecule has 1 amide bonds. The van der Waals surface area contributed by atoms with Gasteiger partial charge in [-0.2, -0.15) is 0 Å². The summed E-state index contributed by atoms with van der Waals surface area (Å²) in [5, 5.41) is 0. The second-order valence-corrected chi connectivity index (χ2v) is 5.87. The number of likely N-dealkylation sites (tertiary alicyclic amines) is 1. The van der Waals surface area contributed by atoms with E-state index in [9.17, 15) is 4.79 Å². The summed E-state index contributed by atoms with van der Waals surface area (Å²) in [5.74, 6) is 0.978. The molecule has 1 unspecified atom stereocenters. The Bertz CT molecular complexity index is 383. The number of primary amides is 1. The first kappa shape index (κ1) is 13.4. The van der Waals surface area contributed by atoms with Gasteiger partial charge in [-0.15, -0.1) is 11.8 Å². The van der Waals surface area contributed by atoms with Gasteiger partial charge in [-0.05, 0) is 31.5 Å². The molecule has 1 aromatic rings. The van der Waals surface area contributed by atoms with Gasteiger partial charge in [-0.3, -0.25) is 4.79 Å². The maximum atomic E-state index is 11.2. The van der Waals surface area contributed by atoms with E-state index in [4.69, 9.17) is 5.73 Å². The molecule has 1 fully saturated rings. The van der Waals surface area contributed by atoms with Crippen molar-refractivity contribution in [1.82, 2.24) is 4.90 Å². The Hall–Kier alpha value is -1.00. The third-order valence-electron chi connectivity index (χ3n) is 3.33. The summed E-state index contributed by atoms with van der Waals surface area (Å²) in [5.41, 5.74) is 5.38. The zero-order chi connectivity index (χ0) is 12.8. The van der Waals surface area contributed by atoms with Gasteiger partial charge >= 0.3 is 0 Å². The fourth-order valence-electron chi connectivity index (χ4n) is 2.30. The van der Waals surface area contributed by atoms with Gasteiger partial charge in [-0.25, -0.2) is 0 Å². The van der Waals surface area contributed by atoms with E-state index in [0.29, 0.717) is 0 Å². The van der Waals surface area contributed by atoms with Crippen LogP contribution < -0.4 is 5.73 Å². The summed E-state index contributed by atoms with van der Waals surface area (Å²) in [7, 11) is 0. The first-order valence-corrected chi connectivity index (χ1v) is 7.44. The molecule has 1 aliphatic rings. The standard InChI is InChI=1S/C14H20N2OS/c15-14(17)12-5-4-8-16(11-12)9-10-18-13-6-2-1-3-7-13/h1-3,6-7,12H,4-5,8-11H2,(H2,15,17). The van der Waals surface area contributed by atoms with Crippen molar-refractivity contribution in [3.63, 3.8) is 0 Å². The number of carbonyl (C=O) groups is 1. The zero-order valence-electron chi connectivity index (χ0n) is 10.5. The Morgan fingerprint density at radius 1 is 1.39 bits per heavy atom. The van der Waals surface area contributed by atoms with Gasteiger partial charge in [0.1, 0.15) is 0 Å². The fourth-order valence-corrected chi connectivity index (χ4v) is 3.23. The molecule has 18 heavy (non-hydrogen) atoms. The summed E-state index contributed by atoms with van der Waals surface area (Å²) in [6.45, 7) is 2.97. The molecule has 4 heteroatoms. The molecule has 1 atom stereocenters. The lowest BCUT2D eigenvalue weighted by atomic mass is 9.98. The summed E-state index contributed by atoms with van der Waals surface area (Å²) in [6, 6.07) is 10.4. The van der Waals surface area contributed by atoms with Crippen molar-refractivity contribution in [2.45, 2.75) is 17.7 Å². The number of thioether (sulfide) groups is 1. The first-order valence-electron chi connectivity index (χ1n) is 6.45. The molecule has 0 saturated carbocycles. The number of hydrogen-bond acceptors (Lipinski definition) is 3. The number of carbonyl (C=O) groups excluding carboxylic acids is 1. The zero-order valence-corrected chi connectivity index (χ0v) is 11.4. The van der Waals surface area contributed by atoms with Crippen LogP contribution in [0.25, 0.3) is 0 Å². The molecule has 3 nitrogen and oxygen atoms in total. The molecule has 0 radical (unpaired) electrons. The topological polar surface area (TPSA) is 46.3 Å². The predicted octanol–water partition coefficient (Wildman–Crippen LogP) is 1.98. The summed E-state index contributed by atoms with van der Waals surface area (Å²) < 4.78 is 0. The van der Waals surface area contributed by atoms with Gasteiger partial charge in [-0.1, -0.05) is 18.2 Å². The molecule has 0 aromatic heterocycles. The third-order valence-corrected chi connectivity index (χ3v) is 4.32. The van der Waals surface area contributed by atoms with Crippen molar-refractivity contribution in [1.29, 1.82) is 0 Å². The Morgan fingerprint density at radius 3 is 2.89 bits per heavy atom. The lowest BCUT2D eigenvalue weighted by Gasteiger charge is -2.30. The highest BCUT2D eigenvalue weighted by atomic mass is 32.2. The van der Waals surface area contributed by atoms with Crippen LogP contribution in [0.1, 0.15) is 12.8 Å². The van der Waals surface area contributed by atoms with Gasteiger partial charge < -0.3 is 10.6 Å². The molecule has 1 aliphatic heterocycles. The molecule has 98 valence electrons. The average Bonchev–Trinajstić information content (AvgIpc) is 2.40. The molecule has 1 heterocycles. The number of benzene rings is 1. The number of amides is 1. The lowest BCUT2D eigenvalue weighted by Crippen LogP contribution is -2.41. The fraction of sp³-hybridized carbons (Fsp3) is 0.500. The van der Waals surface area contributed by atoms with Gasteiger partial charge in [0, 0.05) is 23.7 Å². The quantitative estimate of drug-likeness (QED) is 0.827. The van der Waals surface area contributed by atoms with E-state index in [2.05, 4.69) is 29.2 Å². The Morgan fingerprint density at radius 2 is 2.17 bits per heavy atom. The maximum Gasteiger partial charge on any atom is 0.221 e. The van der Waals surface area contributed by atoms with Gasteiger partial charge in [0.15, 0.2) is 0 Å². The molecular formula is C14H20N2OS. The van der Waals surface area contributed by atoms with Crippen molar-refractivity contribution in [2.75, 3.05) is 25.4 Å². The van der Waals surface area contributed by atoms with E-state index in [1.807, 2.05) is 17.8 Å². The van der Waals surface area contributed by atoms with Crippen LogP contribution in [0.15, 0.2) is 35.2 Å². The number of hydrogen-bond donors (Lipinski definition) is 1. The highest BCUT2D eigenvalue weighted by Crippen LogP contribution is 2.19. The van der Waals surface area contributed by atoms with Crippen molar-refractivity contribution < 1.29 is 4.79 Å². The Labute approximate surface area is 113 Å². The maximum absolute atomic E-state index is 11.2. The highest BCUT2D eigenvalue weighted by Gasteiger charge is 2.23. The van der Waals surface area contributed by atoms with Crippen LogP contribution in [0.5, 0.6) is 0 Å². The monoisotopic (exact) mass is 264 g/mol. The molecule has 0 spiro atoms. The average molecular weight is 264 g/mol. The van der Waals surface area contributed by atoms with E-state index in [0.717, 1.165) is 38.2 Å². The summed E-state index contributed by atoms with van der Waals surface area (Å²) in [4.78, 5) is 14.8. The SMILES string of the molecule is NC(=O)C1CCCN(CCSc2ccccc2)C1. The smallest absolute Gasteiger partial charge is 0.221 e. The van der Waals surface area contributed by atoms with E-state index >= 15 is 0 Å². The normalized spacial score (nSPS) is 20.8. The van der Waals surface area contributed by atoms with E-state index in [1.54, 1.807) is 0 Å². The van der Waals surface area contributed by atoms with Crippen LogP contribution >= 0.6 is 11.8 Å². The Kier molecular flexibility index (Phi) is 5.08.